The van der Waals surface area contributed by atoms with Crippen molar-refractivity contribution in [3.05, 3.63) is 340 Å². The third-order valence-corrected chi connectivity index (χ3v) is 18.2. The lowest BCUT2D eigenvalue weighted by Crippen LogP contribution is -2.32. The molecule has 0 saturated carbocycles. The molecule has 8 aromatic carbocycles. The third-order valence-electron chi connectivity index (χ3n) is 18.2. The number of aryl methyl sites for hydroxylation is 17. The number of hydrogen-bond acceptors (Lipinski definition) is 0. The molecule has 0 N–H and O–H groups in total. The fraction of sp³-hybridized carbons (Fsp3) is 0.223. The van der Waals surface area contributed by atoms with Crippen LogP contribution in [-0.2, 0) is 41.6 Å². The lowest BCUT2D eigenvalue weighted by molar-refractivity contribution is -0.661. The average molecular weight is 1320 g/mol. The Hall–Kier alpha value is -10.5. The van der Waals surface area contributed by atoms with Crippen molar-refractivity contribution in [3.63, 3.8) is 0 Å². The van der Waals surface area contributed by atoms with Crippen LogP contribution in [0.25, 0.3) is 89.7 Å². The van der Waals surface area contributed by atoms with E-state index in [2.05, 4.69) is 209 Å². The first-order valence-corrected chi connectivity index (χ1v) is 33.7. The molecule has 0 spiro atoms. The van der Waals surface area contributed by atoms with Gasteiger partial charge in [-0.2, -0.15) is 0 Å². The molecule has 0 radical (unpaired) electrons. The van der Waals surface area contributed by atoms with E-state index in [-0.39, 0.29) is 0 Å². The Morgan fingerprint density at radius 3 is 1.02 bits per heavy atom. The van der Waals surface area contributed by atoms with Gasteiger partial charge in [0.15, 0.2) is 31.0 Å². The number of pyridine rings is 5. The quantitative estimate of drug-likeness (QED) is 0.122. The maximum atomic E-state index is 8.21. The number of aromatic nitrogens is 5. The van der Waals surface area contributed by atoms with E-state index in [1.807, 2.05) is 143 Å². The number of rotatable bonds is 10. The second kappa shape index (κ2) is 33.6. The zero-order valence-corrected chi connectivity index (χ0v) is 60.6. The van der Waals surface area contributed by atoms with Gasteiger partial charge in [0.2, 0.25) is 28.5 Å². The van der Waals surface area contributed by atoms with E-state index in [1.165, 1.54) is 79.5 Å². The van der Waals surface area contributed by atoms with Crippen LogP contribution >= 0.6 is 0 Å². The summed E-state index contributed by atoms with van der Waals surface area (Å²) in [6.45, 7) is 15.7. The lowest BCUT2D eigenvalue weighted by Gasteiger charge is -2.11. The van der Waals surface area contributed by atoms with Crippen LogP contribution in [0.4, 0.5) is 0 Å². The zero-order valence-electron chi connectivity index (χ0n) is 72.6. The van der Waals surface area contributed by atoms with Gasteiger partial charge in [0, 0.05) is 102 Å². The second-order valence-corrected chi connectivity index (χ2v) is 26.0. The fourth-order valence-electron chi connectivity index (χ4n) is 12.7. The maximum absolute atomic E-state index is 8.21. The number of benzene rings is 8. The molecule has 13 rings (SSSR count). The highest BCUT2D eigenvalue weighted by molar-refractivity contribution is 5.74. The summed E-state index contributed by atoms with van der Waals surface area (Å²) in [6, 6.07) is 78.4. The third kappa shape index (κ3) is 18.2. The van der Waals surface area contributed by atoms with Gasteiger partial charge in [-0.05, 0) is 191 Å². The van der Waals surface area contributed by atoms with Gasteiger partial charge in [-0.1, -0.05) is 202 Å². The SMILES string of the molecule is Cc1cc(-c2ccccc2C)[n+](C)cc1-c1ccccc1.[2H]C(C)(C)c1c[n+](C)c(-c2ccccc2C)cc1C.[2H]C([2H])([2H])c1c[n+](C)c(-c2ccccc2C)cc1-c1ccccc1.[2H]C([2H])([2H])c1ccc(-c2cc(C)c(-c3ccccc3)c[n+]2C)c(C)c1.[2H]C([2H])([2H])c1ccc(-c2ccc(C([2H])([2H])C)c[n+]2C)c(C)c1. The number of hydrogen-bond donors (Lipinski definition) is 0. The molecule has 0 atom stereocenters. The summed E-state index contributed by atoms with van der Waals surface area (Å²) >= 11 is 0. The topological polar surface area (TPSA) is 19.4 Å². The van der Waals surface area contributed by atoms with E-state index < -0.39 is 32.8 Å². The first-order valence-electron chi connectivity index (χ1n) is 39.7. The molecular weight excluding hydrogens is 1200 g/mol. The molecule has 0 saturated heterocycles. The van der Waals surface area contributed by atoms with E-state index in [0.29, 0.717) is 22.3 Å². The summed E-state index contributed by atoms with van der Waals surface area (Å²) in [5, 5.41) is 0. The predicted molar refractivity (Wildman–Crippen MR) is 417 cm³/mol. The largest absolute Gasteiger partial charge is 0.213 e. The van der Waals surface area contributed by atoms with Crippen LogP contribution in [0.5, 0.6) is 0 Å². The molecule has 99 heavy (non-hydrogen) atoms. The van der Waals surface area contributed by atoms with E-state index >= 15 is 0 Å². The Balaban J connectivity index is 0.000000160. The molecule has 0 amide bonds. The molecule has 0 aliphatic heterocycles. The average Bonchev–Trinajstić information content (AvgIpc) is 0.763. The van der Waals surface area contributed by atoms with Crippen molar-refractivity contribution in [1.82, 2.24) is 0 Å². The zero-order chi connectivity index (χ0) is 81.2. The minimum absolute atomic E-state index is 0.331. The van der Waals surface area contributed by atoms with Gasteiger partial charge in [0.05, 0.1) is 0 Å². The van der Waals surface area contributed by atoms with Crippen molar-refractivity contribution >= 4 is 0 Å². The van der Waals surface area contributed by atoms with Crippen molar-refractivity contribution in [2.24, 2.45) is 35.2 Å². The Bertz CT molecular complexity index is 5360. The molecule has 5 heteroatoms. The second-order valence-electron chi connectivity index (χ2n) is 26.0. The molecule has 13 aromatic rings. The van der Waals surface area contributed by atoms with Gasteiger partial charge in [-0.25, -0.2) is 22.8 Å². The number of nitrogens with zero attached hydrogens (tertiary/aromatic N) is 5. The van der Waals surface area contributed by atoms with Crippen LogP contribution in [0.1, 0.15) is 115 Å². The van der Waals surface area contributed by atoms with E-state index in [4.69, 9.17) is 16.4 Å². The molecule has 5 aromatic heterocycles. The fourth-order valence-corrected chi connectivity index (χ4v) is 12.7. The monoisotopic (exact) mass is 1310 g/mol. The molecule has 0 fully saturated rings. The first kappa shape index (κ1) is 57.6. The van der Waals surface area contributed by atoms with Gasteiger partial charge in [0.1, 0.15) is 35.2 Å². The van der Waals surface area contributed by atoms with Crippen molar-refractivity contribution in [2.45, 2.75) is 109 Å². The Labute approximate surface area is 610 Å². The van der Waals surface area contributed by atoms with Crippen LogP contribution < -0.4 is 22.8 Å². The van der Waals surface area contributed by atoms with Crippen molar-refractivity contribution in [3.8, 4) is 89.7 Å². The predicted octanol–water partition coefficient (Wildman–Crippen LogP) is 21.0. The summed E-state index contributed by atoms with van der Waals surface area (Å²) < 4.78 is 103. The smallest absolute Gasteiger partial charge is 0.201 e. The summed E-state index contributed by atoms with van der Waals surface area (Å²) in [5.74, 6) is -0.563. The highest BCUT2D eigenvalue weighted by Gasteiger charge is 2.21. The Kier molecular flexibility index (Phi) is 19.6. The molecule has 5 heterocycles. The van der Waals surface area contributed by atoms with E-state index in [9.17, 15) is 0 Å². The lowest BCUT2D eigenvalue weighted by atomic mass is 9.97. The van der Waals surface area contributed by atoms with Crippen LogP contribution in [0, 0.1) is 75.9 Å². The van der Waals surface area contributed by atoms with Crippen LogP contribution in [-0.4, -0.2) is 0 Å². The summed E-state index contributed by atoms with van der Waals surface area (Å²) in [5.41, 5.74) is 29.7. The Morgan fingerprint density at radius 2 is 0.636 bits per heavy atom. The first-order chi connectivity index (χ1) is 52.1. The van der Waals surface area contributed by atoms with Gasteiger partial charge in [0.25, 0.3) is 0 Å². The molecule has 5 nitrogen and oxygen atoms in total. The maximum Gasteiger partial charge on any atom is 0.213 e. The molecule has 500 valence electrons. The van der Waals surface area contributed by atoms with Crippen LogP contribution in [0.2, 0.25) is 0 Å². The Morgan fingerprint density at radius 1 is 0.293 bits per heavy atom. The van der Waals surface area contributed by atoms with E-state index in [1.54, 1.807) is 42.7 Å². The van der Waals surface area contributed by atoms with Crippen molar-refractivity contribution in [2.75, 3.05) is 0 Å². The molecule has 0 aliphatic rings. The van der Waals surface area contributed by atoms with Gasteiger partial charge >= 0.3 is 0 Å². The van der Waals surface area contributed by atoms with Crippen molar-refractivity contribution in [1.29, 1.82) is 0 Å². The standard InChI is InChI=1S/C21H22N.2C20H20N.C17H22N.C16H20N/c1-15-10-11-19(16(2)12-15)21-13-17(3)20(14-22(21)4)18-8-6-5-7-9-18;1-15-9-7-8-12-18(15)20-13-19(16(2)14-21(20)3)17-10-5-4-6-11-17;1-15-9-7-8-12-18(15)20-13-16(2)19(14-21(20)3)17-10-5-4-6-11-17;1-12(2)16-11-18(5)17(10-14(16)4)15-9-7-6-8-13(15)3;1-5-14-7-9-16(17(4)11-14)15-8-6-12(2)10-13(15)3/h5-14H,1-4H3;2*4-14H,1-3H3;6-12H,1-5H3;6-11H,5H2,1-4H3/q5*+1/i1D3;2D3;;12D;2D3,5D2. The van der Waals surface area contributed by atoms with Crippen molar-refractivity contribution < 1.29 is 39.3 Å². The molecule has 0 aliphatic carbocycles. The molecule has 0 unspecified atom stereocenters. The van der Waals surface area contributed by atoms with Gasteiger partial charge in [-0.3, -0.25) is 0 Å². The van der Waals surface area contributed by atoms with E-state index in [0.717, 1.165) is 67.2 Å². The normalized spacial score (nSPS) is 13.1. The van der Waals surface area contributed by atoms with Gasteiger partial charge in [-0.15, -0.1) is 0 Å². The van der Waals surface area contributed by atoms with Crippen LogP contribution in [0.3, 0.4) is 0 Å². The molecular formula is C94H104N5+5. The van der Waals surface area contributed by atoms with Gasteiger partial charge < -0.3 is 0 Å². The summed E-state index contributed by atoms with van der Waals surface area (Å²) in [7, 11) is 9.95. The van der Waals surface area contributed by atoms with Crippen LogP contribution in [0.15, 0.2) is 268 Å². The minimum Gasteiger partial charge on any atom is -0.201 e. The highest BCUT2D eigenvalue weighted by Crippen LogP contribution is 2.32. The minimum atomic E-state index is -2.16. The molecule has 0 bridgehead atoms. The summed E-state index contributed by atoms with van der Waals surface area (Å²) in [6.07, 6.45) is 8.56. The summed E-state index contributed by atoms with van der Waals surface area (Å²) in [4.78, 5) is 0. The highest BCUT2D eigenvalue weighted by atomic mass is 14.9.